The molecule has 0 bridgehead atoms. The maximum absolute atomic E-state index is 11.5. The van der Waals surface area contributed by atoms with E-state index in [1.165, 1.54) is 35.4 Å². The normalized spacial score (nSPS) is 28.3. The van der Waals surface area contributed by atoms with Gasteiger partial charge in [0.25, 0.3) is 0 Å². The molecule has 2 atom stereocenters. The highest BCUT2D eigenvalue weighted by Gasteiger charge is 2.60. The molecule has 0 spiro atoms. The lowest BCUT2D eigenvalue weighted by atomic mass is 9.87. The van der Waals surface area contributed by atoms with Crippen LogP contribution in [-0.2, 0) is 10.3 Å². The number of imidazole rings is 1. The average Bonchev–Trinajstić information content (AvgIpc) is 2.96. The van der Waals surface area contributed by atoms with Crippen molar-refractivity contribution in [2.45, 2.75) is 43.5 Å². The van der Waals surface area contributed by atoms with Gasteiger partial charge in [-0.1, -0.05) is 6.42 Å². The molecule has 144 valence electrons. The Bertz CT molecular complexity index is 875. The maximum Gasteiger partial charge on any atom is 0.221 e. The number of carbonyl (C=O) groups is 1. The lowest BCUT2D eigenvalue weighted by Crippen LogP contribution is -2.43. The molecule has 6 heteroatoms. The van der Waals surface area contributed by atoms with Gasteiger partial charge >= 0.3 is 0 Å². The molecule has 3 heterocycles. The molecule has 3 fully saturated rings. The van der Waals surface area contributed by atoms with Gasteiger partial charge in [-0.15, -0.1) is 11.8 Å². The van der Waals surface area contributed by atoms with Gasteiger partial charge in [-0.05, 0) is 56.6 Å². The standard InChI is InChI=1S/C21H28N4OS/c1-21(2,24-10-14-15(11-24)18(14)19(22)26)20-23-9-16-17(7-4-8-25(16)20)27-12-13-5-3-6-13/h4,7-9,13-15,18H,3,5-6,10-12H2,1-2H3,(H2,22,26)/t14-,15-/m1/s1. The minimum atomic E-state index is -0.167. The highest BCUT2D eigenvalue weighted by atomic mass is 32.2. The average molecular weight is 385 g/mol. The molecular formula is C21H28N4OS. The number of rotatable bonds is 6. The lowest BCUT2D eigenvalue weighted by molar-refractivity contribution is -0.120. The zero-order valence-corrected chi connectivity index (χ0v) is 16.9. The smallest absolute Gasteiger partial charge is 0.221 e. The van der Waals surface area contributed by atoms with Gasteiger partial charge < -0.3 is 10.1 Å². The van der Waals surface area contributed by atoms with Crippen LogP contribution >= 0.6 is 11.8 Å². The Morgan fingerprint density at radius 2 is 2.07 bits per heavy atom. The van der Waals surface area contributed by atoms with Gasteiger partial charge in [0.2, 0.25) is 5.91 Å². The second-order valence-corrected chi connectivity index (χ2v) is 10.1. The molecule has 2 saturated carbocycles. The number of carbonyl (C=O) groups excluding carboxylic acids is 1. The Morgan fingerprint density at radius 3 is 2.70 bits per heavy atom. The molecule has 1 aliphatic heterocycles. The van der Waals surface area contributed by atoms with E-state index in [0.29, 0.717) is 11.8 Å². The predicted octanol–water partition coefficient (Wildman–Crippen LogP) is 3.12. The molecule has 1 amide bonds. The number of amides is 1. The summed E-state index contributed by atoms with van der Waals surface area (Å²) >= 11 is 1.98. The molecule has 0 aromatic carbocycles. The lowest BCUT2D eigenvalue weighted by Gasteiger charge is -2.36. The molecule has 2 aliphatic carbocycles. The zero-order chi connectivity index (χ0) is 18.8. The van der Waals surface area contributed by atoms with Crippen molar-refractivity contribution >= 4 is 23.2 Å². The molecule has 27 heavy (non-hydrogen) atoms. The Morgan fingerprint density at radius 1 is 1.33 bits per heavy atom. The zero-order valence-electron chi connectivity index (χ0n) is 16.1. The van der Waals surface area contributed by atoms with Gasteiger partial charge in [0, 0.05) is 35.9 Å². The van der Waals surface area contributed by atoms with Gasteiger partial charge in [-0.25, -0.2) is 4.98 Å². The molecule has 5 rings (SSSR count). The van der Waals surface area contributed by atoms with Gasteiger partial charge in [0.15, 0.2) is 0 Å². The molecular weight excluding hydrogens is 356 g/mol. The van der Waals surface area contributed by atoms with E-state index < -0.39 is 0 Å². The fraction of sp³-hybridized carbons (Fsp3) is 0.619. The van der Waals surface area contributed by atoms with Crippen LogP contribution in [0, 0.1) is 23.7 Å². The van der Waals surface area contributed by atoms with Crippen molar-refractivity contribution in [1.29, 1.82) is 0 Å². The number of fused-ring (bicyclic) bond motifs is 2. The molecule has 0 radical (unpaired) electrons. The molecule has 2 aromatic heterocycles. The van der Waals surface area contributed by atoms with Crippen molar-refractivity contribution < 1.29 is 4.79 Å². The van der Waals surface area contributed by atoms with Crippen molar-refractivity contribution in [2.75, 3.05) is 18.8 Å². The first-order valence-corrected chi connectivity index (χ1v) is 11.1. The summed E-state index contributed by atoms with van der Waals surface area (Å²) in [6.45, 7) is 6.38. The van der Waals surface area contributed by atoms with Crippen LogP contribution in [0.5, 0.6) is 0 Å². The molecule has 2 N–H and O–H groups in total. The van der Waals surface area contributed by atoms with E-state index in [-0.39, 0.29) is 17.4 Å². The highest BCUT2D eigenvalue weighted by molar-refractivity contribution is 7.99. The van der Waals surface area contributed by atoms with Crippen molar-refractivity contribution in [2.24, 2.45) is 29.4 Å². The molecule has 0 unspecified atom stereocenters. The number of hydrogen-bond acceptors (Lipinski definition) is 4. The Balaban J connectivity index is 1.37. The van der Waals surface area contributed by atoms with E-state index in [2.05, 4.69) is 41.5 Å². The third-order valence-electron chi connectivity index (χ3n) is 7.09. The first-order valence-electron chi connectivity index (χ1n) is 10.1. The van der Waals surface area contributed by atoms with Crippen molar-refractivity contribution in [3.05, 3.63) is 30.4 Å². The number of pyridine rings is 1. The fourth-order valence-electron chi connectivity index (χ4n) is 4.98. The summed E-state index contributed by atoms with van der Waals surface area (Å²) in [7, 11) is 0. The number of nitrogens with zero attached hydrogens (tertiary/aromatic N) is 3. The van der Waals surface area contributed by atoms with E-state index in [9.17, 15) is 4.79 Å². The topological polar surface area (TPSA) is 63.6 Å². The number of thioether (sulfide) groups is 1. The number of nitrogens with two attached hydrogens (primary N) is 1. The van der Waals surface area contributed by atoms with Gasteiger partial charge in [-0.2, -0.15) is 0 Å². The predicted molar refractivity (Wildman–Crippen MR) is 108 cm³/mol. The summed E-state index contributed by atoms with van der Waals surface area (Å²) in [5, 5.41) is 0. The van der Waals surface area contributed by atoms with Crippen LogP contribution in [-0.4, -0.2) is 39.0 Å². The van der Waals surface area contributed by atoms with Crippen molar-refractivity contribution in [3.8, 4) is 0 Å². The summed E-state index contributed by atoms with van der Waals surface area (Å²) in [5.74, 6) is 4.06. The first kappa shape index (κ1) is 17.6. The largest absolute Gasteiger partial charge is 0.369 e. The first-order chi connectivity index (χ1) is 13.0. The number of piperidine rings is 1. The minimum Gasteiger partial charge on any atom is -0.369 e. The Labute approximate surface area is 164 Å². The summed E-state index contributed by atoms with van der Waals surface area (Å²) in [4.78, 5) is 20.1. The molecule has 3 aliphatic rings. The number of hydrogen-bond donors (Lipinski definition) is 1. The monoisotopic (exact) mass is 384 g/mol. The van der Waals surface area contributed by atoms with E-state index in [1.54, 1.807) is 0 Å². The second kappa shape index (κ2) is 6.24. The third-order valence-corrected chi connectivity index (χ3v) is 8.39. The van der Waals surface area contributed by atoms with Crippen molar-refractivity contribution in [1.82, 2.24) is 14.3 Å². The summed E-state index contributed by atoms with van der Waals surface area (Å²) in [6.07, 6.45) is 8.34. The fourth-order valence-corrected chi connectivity index (χ4v) is 6.21. The van der Waals surface area contributed by atoms with Gasteiger partial charge in [-0.3, -0.25) is 9.69 Å². The van der Waals surface area contributed by atoms with Crippen LogP contribution in [0.15, 0.2) is 29.4 Å². The highest BCUT2D eigenvalue weighted by Crippen LogP contribution is 2.54. The summed E-state index contributed by atoms with van der Waals surface area (Å²) < 4.78 is 2.26. The van der Waals surface area contributed by atoms with E-state index in [4.69, 9.17) is 10.7 Å². The van der Waals surface area contributed by atoms with Crippen LogP contribution in [0.2, 0.25) is 0 Å². The van der Waals surface area contributed by atoms with Crippen molar-refractivity contribution in [3.63, 3.8) is 0 Å². The summed E-state index contributed by atoms with van der Waals surface area (Å²) in [6, 6.07) is 4.36. The minimum absolute atomic E-state index is 0.101. The van der Waals surface area contributed by atoms with Crippen LogP contribution in [0.4, 0.5) is 0 Å². The third kappa shape index (κ3) is 2.80. The Kier molecular flexibility index (Phi) is 4.06. The van der Waals surface area contributed by atoms with Crippen LogP contribution in [0.25, 0.3) is 5.52 Å². The quantitative estimate of drug-likeness (QED) is 0.777. The van der Waals surface area contributed by atoms with Crippen LogP contribution < -0.4 is 5.73 Å². The van der Waals surface area contributed by atoms with Gasteiger partial charge in [0.05, 0.1) is 17.3 Å². The summed E-state index contributed by atoms with van der Waals surface area (Å²) in [5.41, 5.74) is 6.56. The Hall–Kier alpha value is -1.53. The van der Waals surface area contributed by atoms with E-state index >= 15 is 0 Å². The van der Waals surface area contributed by atoms with E-state index in [1.807, 2.05) is 18.0 Å². The van der Waals surface area contributed by atoms with Gasteiger partial charge in [0.1, 0.15) is 5.82 Å². The van der Waals surface area contributed by atoms with Crippen LogP contribution in [0.1, 0.15) is 38.9 Å². The molecule has 5 nitrogen and oxygen atoms in total. The number of primary amides is 1. The van der Waals surface area contributed by atoms with E-state index in [0.717, 1.165) is 24.8 Å². The number of likely N-dealkylation sites (tertiary alicyclic amines) is 1. The number of aromatic nitrogens is 2. The second-order valence-electron chi connectivity index (χ2n) is 9.04. The SMILES string of the molecule is CC(C)(c1ncc2c(SCC3CCC3)cccn12)N1C[C@H]2C(C(N)=O)[C@@H]2C1. The molecule has 1 saturated heterocycles. The molecule has 2 aromatic rings. The maximum atomic E-state index is 11.5. The van der Waals surface area contributed by atoms with Crippen LogP contribution in [0.3, 0.4) is 0 Å².